The summed E-state index contributed by atoms with van der Waals surface area (Å²) in [6.45, 7) is 9.75. The average Bonchev–Trinajstić information content (AvgIpc) is 2.34. The van der Waals surface area contributed by atoms with E-state index in [0.717, 1.165) is 24.5 Å². The van der Waals surface area contributed by atoms with Gasteiger partial charge in [-0.15, -0.1) is 0 Å². The number of thioether (sulfide) groups is 1. The van der Waals surface area contributed by atoms with E-state index in [-0.39, 0.29) is 12.0 Å². The molecule has 1 aromatic carbocycles. The summed E-state index contributed by atoms with van der Waals surface area (Å²) < 4.78 is 5.72. The summed E-state index contributed by atoms with van der Waals surface area (Å²) >= 11 is 1.84. The first-order valence-electron chi connectivity index (χ1n) is 6.89. The fraction of sp³-hybridized carbons (Fsp3) is 0.625. The summed E-state index contributed by atoms with van der Waals surface area (Å²) in [7, 11) is 0. The molecule has 0 saturated heterocycles. The summed E-state index contributed by atoms with van der Waals surface area (Å²) in [5, 5.41) is 9.32. The highest BCUT2D eigenvalue weighted by atomic mass is 32.2. The van der Waals surface area contributed by atoms with Crippen LogP contribution in [-0.4, -0.2) is 29.3 Å². The topological polar surface area (TPSA) is 29.5 Å². The van der Waals surface area contributed by atoms with Crippen molar-refractivity contribution in [2.24, 2.45) is 0 Å². The van der Waals surface area contributed by atoms with Crippen molar-refractivity contribution in [1.82, 2.24) is 0 Å². The molecule has 0 aliphatic rings. The van der Waals surface area contributed by atoms with Crippen LogP contribution in [0.3, 0.4) is 0 Å². The first-order chi connectivity index (χ1) is 8.93. The van der Waals surface area contributed by atoms with Gasteiger partial charge in [-0.1, -0.05) is 39.8 Å². The third-order valence-electron chi connectivity index (χ3n) is 3.01. The Morgan fingerprint density at radius 2 is 1.84 bits per heavy atom. The molecule has 2 nitrogen and oxygen atoms in total. The Morgan fingerprint density at radius 1 is 1.21 bits per heavy atom. The van der Waals surface area contributed by atoms with Crippen LogP contribution in [0.25, 0.3) is 0 Å². The molecule has 108 valence electrons. The van der Waals surface area contributed by atoms with Gasteiger partial charge in [0, 0.05) is 17.6 Å². The van der Waals surface area contributed by atoms with Crippen molar-refractivity contribution in [3.63, 3.8) is 0 Å². The summed E-state index contributed by atoms with van der Waals surface area (Å²) in [6, 6.07) is 8.36. The quantitative estimate of drug-likeness (QED) is 0.770. The van der Waals surface area contributed by atoms with Gasteiger partial charge in [0.2, 0.25) is 0 Å². The predicted octanol–water partition coefficient (Wildman–Crippen LogP) is 3.87. The molecule has 1 unspecified atom stereocenters. The van der Waals surface area contributed by atoms with Crippen molar-refractivity contribution in [1.29, 1.82) is 0 Å². The molecule has 0 bridgehead atoms. The molecular weight excluding hydrogens is 256 g/mol. The number of hydrogen-bond donors (Lipinski definition) is 1. The summed E-state index contributed by atoms with van der Waals surface area (Å²) in [6.07, 6.45) is 0.852. The predicted molar refractivity (Wildman–Crippen MR) is 84.3 cm³/mol. The molecule has 0 heterocycles. The minimum Gasteiger partial charge on any atom is -0.493 e. The lowest BCUT2D eigenvalue weighted by atomic mass is 9.87. The lowest BCUT2D eigenvalue weighted by Gasteiger charge is -2.19. The maximum Gasteiger partial charge on any atom is 0.119 e. The Bertz CT molecular complexity index is 354. The number of rotatable bonds is 7. The van der Waals surface area contributed by atoms with Crippen LogP contribution in [0.1, 0.15) is 39.7 Å². The van der Waals surface area contributed by atoms with Gasteiger partial charge in [0.25, 0.3) is 0 Å². The van der Waals surface area contributed by atoms with E-state index in [1.807, 2.05) is 23.9 Å². The van der Waals surface area contributed by atoms with E-state index in [1.165, 1.54) is 5.56 Å². The van der Waals surface area contributed by atoms with Crippen LogP contribution in [0, 0.1) is 0 Å². The molecule has 0 amide bonds. The Labute approximate surface area is 121 Å². The van der Waals surface area contributed by atoms with Crippen molar-refractivity contribution in [2.75, 3.05) is 19.0 Å². The highest BCUT2D eigenvalue weighted by Crippen LogP contribution is 2.24. The standard InChI is InChI=1S/C16H26O2S/c1-13(9-10-17)19-12-11-18-15-7-5-14(6-8-15)16(2,3)4/h5-8,13,17H,9-12H2,1-4H3. The van der Waals surface area contributed by atoms with Gasteiger partial charge in [0.15, 0.2) is 0 Å². The van der Waals surface area contributed by atoms with Crippen LogP contribution < -0.4 is 4.74 Å². The zero-order valence-electron chi connectivity index (χ0n) is 12.5. The first kappa shape index (κ1) is 16.4. The van der Waals surface area contributed by atoms with Gasteiger partial charge in [0.05, 0.1) is 6.61 Å². The normalized spacial score (nSPS) is 13.3. The van der Waals surface area contributed by atoms with Gasteiger partial charge in [0.1, 0.15) is 5.75 Å². The zero-order chi connectivity index (χ0) is 14.3. The highest BCUT2D eigenvalue weighted by molar-refractivity contribution is 7.99. The van der Waals surface area contributed by atoms with Crippen LogP contribution in [0.15, 0.2) is 24.3 Å². The highest BCUT2D eigenvalue weighted by Gasteiger charge is 2.12. The molecule has 3 heteroatoms. The van der Waals surface area contributed by atoms with Crippen molar-refractivity contribution in [3.05, 3.63) is 29.8 Å². The summed E-state index contributed by atoms with van der Waals surface area (Å²) in [5.74, 6) is 1.89. The Hall–Kier alpha value is -0.670. The van der Waals surface area contributed by atoms with Crippen molar-refractivity contribution >= 4 is 11.8 Å². The second-order valence-electron chi connectivity index (χ2n) is 5.82. The van der Waals surface area contributed by atoms with Crippen LogP contribution >= 0.6 is 11.8 Å². The number of hydrogen-bond acceptors (Lipinski definition) is 3. The molecule has 1 aromatic rings. The third kappa shape index (κ3) is 6.35. The van der Waals surface area contributed by atoms with Crippen LogP contribution in [0.2, 0.25) is 0 Å². The van der Waals surface area contributed by atoms with E-state index < -0.39 is 0 Å². The second kappa shape index (κ2) is 7.81. The molecular formula is C16H26O2S. The summed E-state index contributed by atoms with van der Waals surface area (Å²) in [5.41, 5.74) is 1.51. The minimum absolute atomic E-state index is 0.189. The molecule has 0 saturated carbocycles. The fourth-order valence-electron chi connectivity index (χ4n) is 1.73. The molecule has 1 rings (SSSR count). The molecule has 0 spiro atoms. The van der Waals surface area contributed by atoms with Crippen LogP contribution in [0.5, 0.6) is 5.75 Å². The minimum atomic E-state index is 0.189. The van der Waals surface area contributed by atoms with E-state index >= 15 is 0 Å². The van der Waals surface area contributed by atoms with Gasteiger partial charge >= 0.3 is 0 Å². The first-order valence-corrected chi connectivity index (χ1v) is 7.94. The third-order valence-corrected chi connectivity index (χ3v) is 4.22. The molecule has 0 aliphatic heterocycles. The van der Waals surface area contributed by atoms with Gasteiger partial charge in [-0.3, -0.25) is 0 Å². The van der Waals surface area contributed by atoms with Gasteiger partial charge in [-0.05, 0) is 29.5 Å². The molecule has 0 aliphatic carbocycles. The molecule has 0 fully saturated rings. The van der Waals surface area contributed by atoms with E-state index in [1.54, 1.807) is 0 Å². The Kier molecular flexibility index (Phi) is 6.73. The number of aliphatic hydroxyl groups excluding tert-OH is 1. The number of ether oxygens (including phenoxy) is 1. The van der Waals surface area contributed by atoms with Gasteiger partial charge in [-0.25, -0.2) is 0 Å². The van der Waals surface area contributed by atoms with Gasteiger partial charge < -0.3 is 9.84 Å². The van der Waals surface area contributed by atoms with Crippen LogP contribution in [-0.2, 0) is 5.41 Å². The Morgan fingerprint density at radius 3 is 2.37 bits per heavy atom. The van der Waals surface area contributed by atoms with Crippen molar-refractivity contribution < 1.29 is 9.84 Å². The smallest absolute Gasteiger partial charge is 0.119 e. The maximum atomic E-state index is 8.82. The maximum absolute atomic E-state index is 8.82. The second-order valence-corrected chi connectivity index (χ2v) is 7.36. The van der Waals surface area contributed by atoms with Crippen molar-refractivity contribution in [2.45, 2.75) is 44.8 Å². The molecule has 1 N–H and O–H groups in total. The molecule has 1 atom stereocenters. The lowest BCUT2D eigenvalue weighted by molar-refractivity contribution is 0.288. The Balaban J connectivity index is 2.31. The van der Waals surface area contributed by atoms with E-state index in [0.29, 0.717) is 5.25 Å². The monoisotopic (exact) mass is 282 g/mol. The fourth-order valence-corrected chi connectivity index (χ4v) is 2.58. The lowest BCUT2D eigenvalue weighted by Crippen LogP contribution is -2.11. The number of benzene rings is 1. The largest absolute Gasteiger partial charge is 0.493 e. The van der Waals surface area contributed by atoms with Crippen LogP contribution in [0.4, 0.5) is 0 Å². The van der Waals surface area contributed by atoms with E-state index in [2.05, 4.69) is 39.8 Å². The van der Waals surface area contributed by atoms with E-state index in [9.17, 15) is 0 Å². The molecule has 0 radical (unpaired) electrons. The summed E-state index contributed by atoms with van der Waals surface area (Å²) in [4.78, 5) is 0. The SMILES string of the molecule is CC(CCO)SCCOc1ccc(C(C)(C)C)cc1. The molecule has 0 aromatic heterocycles. The molecule has 19 heavy (non-hydrogen) atoms. The van der Waals surface area contributed by atoms with E-state index in [4.69, 9.17) is 9.84 Å². The zero-order valence-corrected chi connectivity index (χ0v) is 13.3. The number of aliphatic hydroxyl groups is 1. The average molecular weight is 282 g/mol. The van der Waals surface area contributed by atoms with Crippen molar-refractivity contribution in [3.8, 4) is 5.75 Å². The van der Waals surface area contributed by atoms with Gasteiger partial charge in [-0.2, -0.15) is 11.8 Å².